The molecule has 0 aromatic carbocycles. The summed E-state index contributed by atoms with van der Waals surface area (Å²) in [6, 6.07) is 0. The molecule has 0 radical (unpaired) electrons. The predicted octanol–water partition coefficient (Wildman–Crippen LogP) is 0.423. The lowest BCUT2D eigenvalue weighted by Crippen LogP contribution is -2.26. The zero-order valence-corrected chi connectivity index (χ0v) is 11.2. The molecule has 1 aromatic rings. The molecule has 5 nitrogen and oxygen atoms in total. The fraction of sp³-hybridized carbons (Fsp3) is 0.750. The summed E-state index contributed by atoms with van der Waals surface area (Å²) in [5, 5.41) is 3.30. The number of fused-ring (bicyclic) bond motifs is 1. The van der Waals surface area contributed by atoms with Gasteiger partial charge >= 0.3 is 0 Å². The number of imidazole rings is 1. The molecule has 100 valence electrons. The number of aromatic nitrogens is 2. The van der Waals surface area contributed by atoms with Crippen molar-refractivity contribution in [1.82, 2.24) is 15.3 Å². The third-order valence-corrected chi connectivity index (χ3v) is 5.68. The maximum atomic E-state index is 11.6. The number of rotatable bonds is 2. The average molecular weight is 269 g/mol. The predicted molar refractivity (Wildman–Crippen MR) is 69.1 cm³/mol. The van der Waals surface area contributed by atoms with E-state index in [0.29, 0.717) is 11.5 Å². The molecule has 1 fully saturated rings. The van der Waals surface area contributed by atoms with Crippen LogP contribution < -0.4 is 5.32 Å². The molecule has 1 unspecified atom stereocenters. The Labute approximate surface area is 107 Å². The number of hydrogen-bond donors (Lipinski definition) is 2. The maximum absolute atomic E-state index is 11.6. The molecule has 2 N–H and O–H groups in total. The van der Waals surface area contributed by atoms with Crippen molar-refractivity contribution in [2.75, 3.05) is 18.1 Å². The standard InChI is InChI=1S/C12H19N3O2S/c16-18(17)5-1-2-9(8-18)6-12-14-10-3-4-13-7-11(10)15-12/h9,13H,1-8H2,(H,14,15). The summed E-state index contributed by atoms with van der Waals surface area (Å²) < 4.78 is 23.2. The molecule has 18 heavy (non-hydrogen) atoms. The monoisotopic (exact) mass is 269 g/mol. The highest BCUT2D eigenvalue weighted by Gasteiger charge is 2.26. The summed E-state index contributed by atoms with van der Waals surface area (Å²) in [5.74, 6) is 1.90. The number of sulfone groups is 1. The van der Waals surface area contributed by atoms with Gasteiger partial charge in [-0.05, 0) is 18.8 Å². The van der Waals surface area contributed by atoms with E-state index < -0.39 is 9.84 Å². The number of hydrogen-bond acceptors (Lipinski definition) is 4. The van der Waals surface area contributed by atoms with Gasteiger partial charge in [0.05, 0.1) is 22.9 Å². The molecule has 0 saturated carbocycles. The molecule has 3 heterocycles. The molecule has 3 rings (SSSR count). The van der Waals surface area contributed by atoms with Gasteiger partial charge in [0.25, 0.3) is 0 Å². The summed E-state index contributed by atoms with van der Waals surface area (Å²) in [4.78, 5) is 7.94. The molecule has 0 bridgehead atoms. The smallest absolute Gasteiger partial charge is 0.150 e. The van der Waals surface area contributed by atoms with Gasteiger partial charge in [0.2, 0.25) is 0 Å². The number of H-pyrrole nitrogens is 1. The van der Waals surface area contributed by atoms with Crippen molar-refractivity contribution >= 4 is 9.84 Å². The van der Waals surface area contributed by atoms with Crippen LogP contribution in [-0.4, -0.2) is 36.4 Å². The Balaban J connectivity index is 1.71. The van der Waals surface area contributed by atoms with Crippen molar-refractivity contribution in [3.05, 3.63) is 17.2 Å². The SMILES string of the molecule is O=S1(=O)CCCC(Cc2nc3c([nH]2)CNCC3)C1. The van der Waals surface area contributed by atoms with Gasteiger partial charge in [-0.25, -0.2) is 13.4 Å². The van der Waals surface area contributed by atoms with Crippen LogP contribution in [0.15, 0.2) is 0 Å². The third-order valence-electron chi connectivity index (χ3n) is 3.79. The lowest BCUT2D eigenvalue weighted by molar-refractivity contribution is 0.476. The normalized spacial score (nSPS) is 26.8. The first-order valence-electron chi connectivity index (χ1n) is 6.60. The van der Waals surface area contributed by atoms with Crippen molar-refractivity contribution in [3.63, 3.8) is 0 Å². The van der Waals surface area contributed by atoms with Crippen LogP contribution in [0.3, 0.4) is 0 Å². The zero-order chi connectivity index (χ0) is 12.6. The van der Waals surface area contributed by atoms with Gasteiger partial charge in [-0.2, -0.15) is 0 Å². The van der Waals surface area contributed by atoms with Crippen molar-refractivity contribution in [2.45, 2.75) is 32.2 Å². The van der Waals surface area contributed by atoms with Crippen LogP contribution >= 0.6 is 0 Å². The Hall–Kier alpha value is -0.880. The van der Waals surface area contributed by atoms with Crippen molar-refractivity contribution in [3.8, 4) is 0 Å². The Morgan fingerprint density at radius 3 is 3.06 bits per heavy atom. The van der Waals surface area contributed by atoms with E-state index in [1.807, 2.05) is 0 Å². The largest absolute Gasteiger partial charge is 0.345 e. The van der Waals surface area contributed by atoms with E-state index in [0.717, 1.165) is 50.3 Å². The van der Waals surface area contributed by atoms with Gasteiger partial charge in [0.1, 0.15) is 5.82 Å². The minimum atomic E-state index is -2.81. The molecule has 6 heteroatoms. The molecule has 0 amide bonds. The number of nitrogens with zero attached hydrogens (tertiary/aromatic N) is 1. The molecular weight excluding hydrogens is 250 g/mol. The van der Waals surface area contributed by atoms with E-state index >= 15 is 0 Å². The van der Waals surface area contributed by atoms with E-state index in [-0.39, 0.29) is 5.92 Å². The second-order valence-electron chi connectivity index (χ2n) is 5.36. The quantitative estimate of drug-likeness (QED) is 0.816. The summed E-state index contributed by atoms with van der Waals surface area (Å²) in [5.41, 5.74) is 2.33. The van der Waals surface area contributed by atoms with Crippen LogP contribution in [0, 0.1) is 5.92 Å². The van der Waals surface area contributed by atoms with Crippen LogP contribution in [0.2, 0.25) is 0 Å². The van der Waals surface area contributed by atoms with Gasteiger partial charge in [-0.1, -0.05) is 0 Å². The summed E-state index contributed by atoms with van der Waals surface area (Å²) in [6.45, 7) is 1.83. The molecule has 1 saturated heterocycles. The molecule has 2 aliphatic heterocycles. The molecular formula is C12H19N3O2S. The van der Waals surface area contributed by atoms with E-state index in [1.54, 1.807) is 0 Å². The first kappa shape index (κ1) is 12.2. The Bertz CT molecular complexity index is 512. The van der Waals surface area contributed by atoms with Gasteiger partial charge in [0.15, 0.2) is 9.84 Å². The van der Waals surface area contributed by atoms with Crippen LogP contribution in [0.5, 0.6) is 0 Å². The summed E-state index contributed by atoms with van der Waals surface area (Å²) in [7, 11) is -2.81. The Kier molecular flexibility index (Phi) is 3.15. The van der Waals surface area contributed by atoms with Crippen molar-refractivity contribution in [1.29, 1.82) is 0 Å². The van der Waals surface area contributed by atoms with Crippen LogP contribution in [0.4, 0.5) is 0 Å². The summed E-state index contributed by atoms with van der Waals surface area (Å²) in [6.07, 6.45) is 3.54. The van der Waals surface area contributed by atoms with Gasteiger partial charge in [0, 0.05) is 25.9 Å². The van der Waals surface area contributed by atoms with Crippen LogP contribution in [0.1, 0.15) is 30.1 Å². The highest BCUT2D eigenvalue weighted by Crippen LogP contribution is 2.22. The fourth-order valence-electron chi connectivity index (χ4n) is 2.93. The second kappa shape index (κ2) is 4.66. The minimum absolute atomic E-state index is 0.240. The van der Waals surface area contributed by atoms with Gasteiger partial charge < -0.3 is 10.3 Å². The lowest BCUT2D eigenvalue weighted by atomic mass is 10.0. The topological polar surface area (TPSA) is 74.8 Å². The highest BCUT2D eigenvalue weighted by atomic mass is 32.2. The molecule has 1 aromatic heterocycles. The summed E-state index contributed by atoms with van der Waals surface area (Å²) >= 11 is 0. The van der Waals surface area contributed by atoms with E-state index in [9.17, 15) is 8.42 Å². The Morgan fingerprint density at radius 2 is 2.28 bits per heavy atom. The molecule has 1 atom stereocenters. The Morgan fingerprint density at radius 1 is 1.39 bits per heavy atom. The van der Waals surface area contributed by atoms with Crippen LogP contribution in [-0.2, 0) is 29.2 Å². The molecule has 0 aliphatic carbocycles. The maximum Gasteiger partial charge on any atom is 0.150 e. The fourth-order valence-corrected chi connectivity index (χ4v) is 4.70. The van der Waals surface area contributed by atoms with Crippen molar-refractivity contribution in [2.24, 2.45) is 5.92 Å². The van der Waals surface area contributed by atoms with Gasteiger partial charge in [-0.15, -0.1) is 0 Å². The molecule has 2 aliphatic rings. The average Bonchev–Trinajstić information content (AvgIpc) is 2.69. The van der Waals surface area contributed by atoms with Crippen molar-refractivity contribution < 1.29 is 8.42 Å². The molecule has 0 spiro atoms. The first-order chi connectivity index (χ1) is 8.62. The second-order valence-corrected chi connectivity index (χ2v) is 7.59. The van der Waals surface area contributed by atoms with E-state index in [4.69, 9.17) is 0 Å². The minimum Gasteiger partial charge on any atom is -0.345 e. The first-order valence-corrected chi connectivity index (χ1v) is 8.42. The number of nitrogens with one attached hydrogen (secondary N) is 2. The zero-order valence-electron chi connectivity index (χ0n) is 10.4. The van der Waals surface area contributed by atoms with Crippen LogP contribution in [0.25, 0.3) is 0 Å². The third kappa shape index (κ3) is 2.59. The lowest BCUT2D eigenvalue weighted by Gasteiger charge is -2.20. The highest BCUT2D eigenvalue weighted by molar-refractivity contribution is 7.91. The van der Waals surface area contributed by atoms with Gasteiger partial charge in [-0.3, -0.25) is 0 Å². The van der Waals surface area contributed by atoms with E-state index in [1.165, 1.54) is 5.69 Å². The van der Waals surface area contributed by atoms with E-state index in [2.05, 4.69) is 15.3 Å². The number of aromatic amines is 1.